The topological polar surface area (TPSA) is 109 Å². The summed E-state index contributed by atoms with van der Waals surface area (Å²) in [5, 5.41) is 3.09. The highest BCUT2D eigenvalue weighted by Crippen LogP contribution is 2.59. The standard InChI is InChI=1S/C22H30N2O5S2/c25-21(23-14-22-10-15-6-16(11-22)8-17(7-15)12-22)18-2-1-3-20(9-18)31(28,29)24-19-4-5-30(26,27)13-19/h1-3,9,15-17,19,24H,4-8,10-14H2,(H,23,25)/t15?,16?,17?,19-,22?/m0/s1. The molecule has 2 N–H and O–H groups in total. The Labute approximate surface area is 184 Å². The molecule has 1 amide bonds. The lowest BCUT2D eigenvalue weighted by atomic mass is 9.49. The van der Waals surface area contributed by atoms with Crippen molar-refractivity contribution in [2.24, 2.45) is 23.2 Å². The number of rotatable bonds is 6. The lowest BCUT2D eigenvalue weighted by Crippen LogP contribution is -2.51. The van der Waals surface area contributed by atoms with E-state index in [0.717, 1.165) is 17.8 Å². The average molecular weight is 467 g/mol. The molecule has 0 aromatic heterocycles. The van der Waals surface area contributed by atoms with Crippen LogP contribution in [0.15, 0.2) is 29.2 Å². The van der Waals surface area contributed by atoms with Crippen molar-refractivity contribution < 1.29 is 21.6 Å². The van der Waals surface area contributed by atoms with Crippen LogP contribution < -0.4 is 10.0 Å². The van der Waals surface area contributed by atoms with Crippen molar-refractivity contribution in [3.8, 4) is 0 Å². The molecule has 4 bridgehead atoms. The molecular weight excluding hydrogens is 436 g/mol. The Morgan fingerprint density at radius 3 is 2.29 bits per heavy atom. The van der Waals surface area contributed by atoms with Gasteiger partial charge >= 0.3 is 0 Å². The van der Waals surface area contributed by atoms with Gasteiger partial charge in [-0.1, -0.05) is 6.07 Å². The number of benzene rings is 1. The molecule has 1 saturated heterocycles. The van der Waals surface area contributed by atoms with Crippen LogP contribution in [0.25, 0.3) is 0 Å². The quantitative estimate of drug-likeness (QED) is 0.667. The first-order chi connectivity index (χ1) is 14.6. The summed E-state index contributed by atoms with van der Waals surface area (Å²) in [5.41, 5.74) is 0.524. The fourth-order valence-electron chi connectivity index (χ4n) is 6.86. The van der Waals surface area contributed by atoms with Gasteiger partial charge in [-0.3, -0.25) is 4.79 Å². The van der Waals surface area contributed by atoms with Crippen LogP contribution in [0.5, 0.6) is 0 Å². The van der Waals surface area contributed by atoms with Gasteiger partial charge in [-0.15, -0.1) is 0 Å². The zero-order valence-corrected chi connectivity index (χ0v) is 19.2. The molecule has 4 saturated carbocycles. The number of hydrogen-bond donors (Lipinski definition) is 2. The summed E-state index contributed by atoms with van der Waals surface area (Å²) in [6.07, 6.45) is 7.91. The van der Waals surface area contributed by atoms with Gasteiger partial charge in [0.05, 0.1) is 16.4 Å². The average Bonchev–Trinajstić information content (AvgIpc) is 3.03. The molecule has 5 fully saturated rings. The van der Waals surface area contributed by atoms with E-state index in [-0.39, 0.29) is 34.1 Å². The van der Waals surface area contributed by atoms with Crippen LogP contribution in [0.3, 0.4) is 0 Å². The summed E-state index contributed by atoms with van der Waals surface area (Å²) in [5.74, 6) is 1.98. The molecular formula is C22H30N2O5S2. The van der Waals surface area contributed by atoms with Crippen molar-refractivity contribution in [1.82, 2.24) is 10.0 Å². The van der Waals surface area contributed by atoms with Crippen molar-refractivity contribution in [3.63, 3.8) is 0 Å². The van der Waals surface area contributed by atoms with Crippen molar-refractivity contribution in [2.75, 3.05) is 18.1 Å². The molecule has 170 valence electrons. The molecule has 9 heteroatoms. The molecule has 7 nitrogen and oxygen atoms in total. The van der Waals surface area contributed by atoms with Crippen molar-refractivity contribution in [2.45, 2.75) is 55.9 Å². The van der Waals surface area contributed by atoms with Crippen molar-refractivity contribution in [3.05, 3.63) is 29.8 Å². The van der Waals surface area contributed by atoms with Gasteiger partial charge in [0, 0.05) is 18.2 Å². The smallest absolute Gasteiger partial charge is 0.251 e. The number of amides is 1. The second-order valence-electron chi connectivity index (χ2n) is 10.3. The highest BCUT2D eigenvalue weighted by atomic mass is 32.2. The molecule has 1 aromatic rings. The van der Waals surface area contributed by atoms with E-state index in [1.54, 1.807) is 12.1 Å². The third-order valence-electron chi connectivity index (χ3n) is 7.75. The third kappa shape index (κ3) is 4.41. The van der Waals surface area contributed by atoms with Gasteiger partial charge in [0.1, 0.15) is 0 Å². The van der Waals surface area contributed by atoms with E-state index >= 15 is 0 Å². The Morgan fingerprint density at radius 2 is 1.71 bits per heavy atom. The number of carbonyl (C=O) groups is 1. The first kappa shape index (κ1) is 21.4. The second-order valence-corrected chi connectivity index (χ2v) is 14.3. The zero-order chi connectivity index (χ0) is 21.9. The highest BCUT2D eigenvalue weighted by molar-refractivity contribution is 7.92. The van der Waals surface area contributed by atoms with E-state index in [4.69, 9.17) is 0 Å². The molecule has 6 rings (SSSR count). The molecule has 0 radical (unpaired) electrons. The normalized spacial score (nSPS) is 35.9. The number of nitrogens with one attached hydrogen (secondary N) is 2. The van der Waals surface area contributed by atoms with E-state index in [2.05, 4.69) is 10.0 Å². The Morgan fingerprint density at radius 1 is 1.06 bits per heavy atom. The van der Waals surface area contributed by atoms with Crippen LogP contribution in [0.1, 0.15) is 55.3 Å². The Balaban J connectivity index is 1.25. The minimum absolute atomic E-state index is 0.00699. The van der Waals surface area contributed by atoms with Gasteiger partial charge < -0.3 is 5.32 Å². The molecule has 1 heterocycles. The molecule has 1 aliphatic heterocycles. The summed E-state index contributed by atoms with van der Waals surface area (Å²) in [6, 6.07) is 5.36. The van der Waals surface area contributed by atoms with E-state index < -0.39 is 25.9 Å². The monoisotopic (exact) mass is 466 g/mol. The van der Waals surface area contributed by atoms with Crippen LogP contribution in [-0.2, 0) is 19.9 Å². The van der Waals surface area contributed by atoms with Crippen LogP contribution in [0.2, 0.25) is 0 Å². The van der Waals surface area contributed by atoms with Gasteiger partial charge in [0.25, 0.3) is 5.91 Å². The van der Waals surface area contributed by atoms with E-state index in [1.807, 2.05) is 0 Å². The Kier molecular flexibility index (Phi) is 5.22. The molecule has 31 heavy (non-hydrogen) atoms. The SMILES string of the molecule is O=C(NCC12CC3CC(CC(C3)C1)C2)c1cccc(S(=O)(=O)N[C@H]2CCS(=O)(=O)C2)c1. The van der Waals surface area contributed by atoms with Gasteiger partial charge in [0.15, 0.2) is 9.84 Å². The largest absolute Gasteiger partial charge is 0.351 e. The maximum absolute atomic E-state index is 12.8. The van der Waals surface area contributed by atoms with Crippen LogP contribution >= 0.6 is 0 Å². The number of sulfonamides is 1. The summed E-state index contributed by atoms with van der Waals surface area (Å²) in [4.78, 5) is 12.8. The lowest BCUT2D eigenvalue weighted by Gasteiger charge is -2.56. The van der Waals surface area contributed by atoms with Gasteiger partial charge in [-0.05, 0) is 86.3 Å². The van der Waals surface area contributed by atoms with Crippen LogP contribution in [-0.4, -0.2) is 46.8 Å². The third-order valence-corrected chi connectivity index (χ3v) is 11.0. The molecule has 1 aromatic carbocycles. The molecule has 1 atom stereocenters. The summed E-state index contributed by atoms with van der Waals surface area (Å²) in [6.45, 7) is 0.657. The van der Waals surface area contributed by atoms with E-state index in [0.29, 0.717) is 12.1 Å². The first-order valence-corrected chi connectivity index (χ1v) is 14.5. The molecule has 0 unspecified atom stereocenters. The van der Waals surface area contributed by atoms with Crippen LogP contribution in [0, 0.1) is 23.2 Å². The molecule has 5 aliphatic rings. The Bertz CT molecular complexity index is 1060. The number of sulfone groups is 1. The maximum Gasteiger partial charge on any atom is 0.251 e. The predicted molar refractivity (Wildman–Crippen MR) is 117 cm³/mol. The van der Waals surface area contributed by atoms with Crippen LogP contribution in [0.4, 0.5) is 0 Å². The Hall–Kier alpha value is -1.45. The second kappa shape index (κ2) is 7.56. The summed E-state index contributed by atoms with van der Waals surface area (Å²) < 4.78 is 51.2. The predicted octanol–water partition coefficient (Wildman–Crippen LogP) is 2.10. The molecule has 4 aliphatic carbocycles. The minimum Gasteiger partial charge on any atom is -0.351 e. The number of hydrogen-bond acceptors (Lipinski definition) is 5. The number of carbonyl (C=O) groups excluding carboxylic acids is 1. The van der Waals surface area contributed by atoms with Gasteiger partial charge in [-0.2, -0.15) is 0 Å². The van der Waals surface area contributed by atoms with Crippen molar-refractivity contribution >= 4 is 25.8 Å². The zero-order valence-electron chi connectivity index (χ0n) is 17.5. The fourth-order valence-corrected chi connectivity index (χ4v) is 9.95. The minimum atomic E-state index is -3.90. The van der Waals surface area contributed by atoms with Gasteiger partial charge in [0.2, 0.25) is 10.0 Å². The fraction of sp³-hybridized carbons (Fsp3) is 0.682. The first-order valence-electron chi connectivity index (χ1n) is 11.2. The van der Waals surface area contributed by atoms with E-state index in [1.165, 1.54) is 50.7 Å². The van der Waals surface area contributed by atoms with Gasteiger partial charge in [-0.25, -0.2) is 21.6 Å². The van der Waals surface area contributed by atoms with Crippen molar-refractivity contribution in [1.29, 1.82) is 0 Å². The molecule has 0 spiro atoms. The summed E-state index contributed by atoms with van der Waals surface area (Å²) >= 11 is 0. The summed E-state index contributed by atoms with van der Waals surface area (Å²) in [7, 11) is -7.09. The maximum atomic E-state index is 12.8. The van der Waals surface area contributed by atoms with E-state index in [9.17, 15) is 21.6 Å². The highest BCUT2D eigenvalue weighted by Gasteiger charge is 2.50. The lowest BCUT2D eigenvalue weighted by molar-refractivity contribution is -0.0503.